The van der Waals surface area contributed by atoms with Crippen LogP contribution in [0.4, 0.5) is 0 Å². The van der Waals surface area contributed by atoms with E-state index in [1.165, 1.54) is 148 Å². The summed E-state index contributed by atoms with van der Waals surface area (Å²) < 4.78 is 16.9. The van der Waals surface area contributed by atoms with Crippen LogP contribution in [-0.2, 0) is 28.6 Å². The summed E-state index contributed by atoms with van der Waals surface area (Å²) in [5.74, 6) is -0.926. The van der Waals surface area contributed by atoms with Gasteiger partial charge in [-0.25, -0.2) is 0 Å². The molecule has 1 atom stereocenters. The van der Waals surface area contributed by atoms with Crippen LogP contribution in [0.25, 0.3) is 0 Å². The van der Waals surface area contributed by atoms with Crippen molar-refractivity contribution in [2.24, 2.45) is 0 Å². The molecule has 0 amide bonds. The number of carbonyl (C=O) groups is 3. The van der Waals surface area contributed by atoms with Crippen LogP contribution in [0, 0.1) is 0 Å². The lowest BCUT2D eigenvalue weighted by Gasteiger charge is -2.18. The minimum absolute atomic E-state index is 0.0905. The zero-order valence-corrected chi connectivity index (χ0v) is 52.6. The smallest absolute Gasteiger partial charge is 0.306 e. The van der Waals surface area contributed by atoms with Crippen LogP contribution < -0.4 is 0 Å². The molecule has 0 aromatic rings. The predicted octanol–water partition coefficient (Wildman–Crippen LogP) is 23.4. The SMILES string of the molecule is CC/C=C\C/C=C\C/C=C\C/C=C\CCCCCCCCCCCCCCCCCCCCCCCCC(=O)OCC(COC(=O)CCCCC/C=C\C/C=C\C/C=C\CC)OC(=O)CCCCCCC/C=C\C/C=C\CCCC. The Balaban J connectivity index is 4.10. The van der Waals surface area contributed by atoms with Crippen LogP contribution >= 0.6 is 0 Å². The second kappa shape index (κ2) is 67.6. The molecule has 80 heavy (non-hydrogen) atoms. The van der Waals surface area contributed by atoms with Gasteiger partial charge < -0.3 is 14.2 Å². The maximum Gasteiger partial charge on any atom is 0.306 e. The highest BCUT2D eigenvalue weighted by molar-refractivity contribution is 5.71. The first-order chi connectivity index (χ1) is 39.5. The summed E-state index contributed by atoms with van der Waals surface area (Å²) >= 11 is 0. The van der Waals surface area contributed by atoms with Crippen molar-refractivity contribution in [3.05, 3.63) is 109 Å². The Kier molecular flexibility index (Phi) is 64.3. The average molecular weight is 1110 g/mol. The number of rotatable bonds is 61. The molecule has 0 aliphatic carbocycles. The number of carbonyl (C=O) groups excluding carboxylic acids is 3. The summed E-state index contributed by atoms with van der Waals surface area (Å²) in [6.45, 7) is 6.36. The maximum atomic E-state index is 12.9. The van der Waals surface area contributed by atoms with Crippen LogP contribution in [0.3, 0.4) is 0 Å². The van der Waals surface area contributed by atoms with Crippen molar-refractivity contribution in [2.75, 3.05) is 13.2 Å². The Hall–Kier alpha value is -3.93. The normalized spacial score (nSPS) is 12.8. The highest BCUT2D eigenvalue weighted by atomic mass is 16.6. The molecular weight excluding hydrogens is 985 g/mol. The van der Waals surface area contributed by atoms with E-state index in [0.29, 0.717) is 19.3 Å². The molecule has 0 aliphatic rings. The number of ether oxygens (including phenoxy) is 3. The topological polar surface area (TPSA) is 78.9 Å². The molecule has 0 aromatic carbocycles. The standard InChI is InChI=1S/C74H126O6/c1-4-7-10-13-16-19-22-25-27-28-29-30-31-32-33-34-35-36-37-38-39-40-41-42-43-44-45-46-47-50-52-55-58-61-64-67-73(76)79-70-71(69-78-72(75)66-63-60-57-54-51-48-24-21-18-15-12-9-6-3)80-74(77)68-65-62-59-56-53-49-26-23-20-17-14-11-8-5-2/h7,9-10,12,14,16-19,21,23,25-27,29-30,48,51,71H,4-6,8,11,13,15,20,22,24,28,31-47,49-50,52-70H2,1-3H3/b10-7-,12-9-,17-14-,19-16-,21-18-,26-23-,27-25-,30-29-,51-48-. The first-order valence-corrected chi connectivity index (χ1v) is 33.9. The zero-order valence-electron chi connectivity index (χ0n) is 52.6. The number of unbranched alkanes of at least 4 members (excludes halogenated alkanes) is 32. The number of esters is 3. The average Bonchev–Trinajstić information content (AvgIpc) is 3.46. The van der Waals surface area contributed by atoms with Gasteiger partial charge in [0.2, 0.25) is 0 Å². The summed E-state index contributed by atoms with van der Waals surface area (Å²) in [4.78, 5) is 38.2. The summed E-state index contributed by atoms with van der Waals surface area (Å²) in [6.07, 6.45) is 92.8. The van der Waals surface area contributed by atoms with Gasteiger partial charge in [-0.3, -0.25) is 14.4 Å². The highest BCUT2D eigenvalue weighted by Gasteiger charge is 2.19. The van der Waals surface area contributed by atoms with Crippen LogP contribution in [0.1, 0.15) is 323 Å². The van der Waals surface area contributed by atoms with Gasteiger partial charge in [0.1, 0.15) is 13.2 Å². The van der Waals surface area contributed by atoms with Gasteiger partial charge in [-0.05, 0) is 116 Å². The fourth-order valence-electron chi connectivity index (χ4n) is 9.47. The van der Waals surface area contributed by atoms with E-state index in [1.807, 2.05) is 0 Å². The first kappa shape index (κ1) is 76.1. The molecule has 6 heteroatoms. The monoisotopic (exact) mass is 1110 g/mol. The van der Waals surface area contributed by atoms with E-state index in [4.69, 9.17) is 14.2 Å². The number of allylic oxidation sites excluding steroid dienone is 18. The van der Waals surface area contributed by atoms with Gasteiger partial charge in [0.05, 0.1) is 0 Å². The summed E-state index contributed by atoms with van der Waals surface area (Å²) in [6, 6.07) is 0. The quantitative estimate of drug-likeness (QED) is 0.0261. The molecule has 0 fully saturated rings. The van der Waals surface area contributed by atoms with Crippen molar-refractivity contribution in [3.8, 4) is 0 Å². The van der Waals surface area contributed by atoms with Gasteiger partial charge >= 0.3 is 17.9 Å². The molecule has 0 spiro atoms. The molecule has 1 unspecified atom stereocenters. The van der Waals surface area contributed by atoms with Gasteiger partial charge in [0.25, 0.3) is 0 Å². The van der Waals surface area contributed by atoms with Gasteiger partial charge in [-0.15, -0.1) is 0 Å². The number of hydrogen-bond acceptors (Lipinski definition) is 6. The minimum Gasteiger partial charge on any atom is -0.462 e. The molecule has 458 valence electrons. The molecule has 0 saturated heterocycles. The van der Waals surface area contributed by atoms with E-state index < -0.39 is 6.10 Å². The maximum absolute atomic E-state index is 12.9. The molecule has 0 aliphatic heterocycles. The minimum atomic E-state index is -0.797. The van der Waals surface area contributed by atoms with E-state index in [2.05, 4.69) is 130 Å². The summed E-state index contributed by atoms with van der Waals surface area (Å²) in [5.41, 5.74) is 0. The second-order valence-corrected chi connectivity index (χ2v) is 22.3. The van der Waals surface area contributed by atoms with Gasteiger partial charge in [-0.1, -0.05) is 297 Å². The third kappa shape index (κ3) is 64.9. The Morgan fingerprint density at radius 1 is 0.263 bits per heavy atom. The second-order valence-electron chi connectivity index (χ2n) is 22.3. The Morgan fingerprint density at radius 2 is 0.487 bits per heavy atom. The van der Waals surface area contributed by atoms with Crippen LogP contribution in [-0.4, -0.2) is 37.2 Å². The van der Waals surface area contributed by atoms with Gasteiger partial charge in [0.15, 0.2) is 6.10 Å². The van der Waals surface area contributed by atoms with E-state index in [-0.39, 0.29) is 31.1 Å². The molecule has 0 radical (unpaired) electrons. The molecule has 0 rings (SSSR count). The van der Waals surface area contributed by atoms with Gasteiger partial charge in [0, 0.05) is 19.3 Å². The van der Waals surface area contributed by atoms with Crippen molar-refractivity contribution in [1.29, 1.82) is 0 Å². The summed E-state index contributed by atoms with van der Waals surface area (Å²) in [7, 11) is 0. The van der Waals surface area contributed by atoms with E-state index in [1.54, 1.807) is 0 Å². The lowest BCUT2D eigenvalue weighted by molar-refractivity contribution is -0.167. The Labute approximate surface area is 495 Å². The molecule has 0 bridgehead atoms. The van der Waals surface area contributed by atoms with Gasteiger partial charge in [-0.2, -0.15) is 0 Å². The fourth-order valence-corrected chi connectivity index (χ4v) is 9.47. The largest absolute Gasteiger partial charge is 0.462 e. The highest BCUT2D eigenvalue weighted by Crippen LogP contribution is 2.17. The zero-order chi connectivity index (χ0) is 57.8. The Bertz CT molecular complexity index is 1610. The van der Waals surface area contributed by atoms with Crippen molar-refractivity contribution >= 4 is 17.9 Å². The summed E-state index contributed by atoms with van der Waals surface area (Å²) in [5, 5.41) is 0. The first-order valence-electron chi connectivity index (χ1n) is 33.9. The lowest BCUT2D eigenvalue weighted by Crippen LogP contribution is -2.30. The molecular formula is C74H126O6. The third-order valence-electron chi connectivity index (χ3n) is 14.5. The van der Waals surface area contributed by atoms with Crippen LogP contribution in [0.15, 0.2) is 109 Å². The molecule has 0 heterocycles. The lowest BCUT2D eigenvalue weighted by atomic mass is 10.0. The number of hydrogen-bond donors (Lipinski definition) is 0. The fraction of sp³-hybridized carbons (Fsp3) is 0.716. The third-order valence-corrected chi connectivity index (χ3v) is 14.5. The molecule has 6 nitrogen and oxygen atoms in total. The van der Waals surface area contributed by atoms with Crippen LogP contribution in [0.2, 0.25) is 0 Å². The molecule has 0 aromatic heterocycles. The predicted molar refractivity (Wildman–Crippen MR) is 348 cm³/mol. The van der Waals surface area contributed by atoms with E-state index >= 15 is 0 Å². The van der Waals surface area contributed by atoms with E-state index in [9.17, 15) is 14.4 Å². The van der Waals surface area contributed by atoms with Crippen molar-refractivity contribution < 1.29 is 28.6 Å². The molecule has 0 N–H and O–H groups in total. The van der Waals surface area contributed by atoms with Crippen LogP contribution in [0.5, 0.6) is 0 Å². The van der Waals surface area contributed by atoms with Crippen molar-refractivity contribution in [1.82, 2.24) is 0 Å². The van der Waals surface area contributed by atoms with Crippen molar-refractivity contribution in [2.45, 2.75) is 329 Å². The van der Waals surface area contributed by atoms with Crippen molar-refractivity contribution in [3.63, 3.8) is 0 Å². The van der Waals surface area contributed by atoms with E-state index in [0.717, 1.165) is 135 Å². The molecule has 0 saturated carbocycles. The Morgan fingerprint density at radius 3 is 0.775 bits per heavy atom.